The zero-order valence-electron chi connectivity index (χ0n) is 41.8. The molecule has 0 aromatic heterocycles. The van der Waals surface area contributed by atoms with Crippen molar-refractivity contribution in [1.82, 2.24) is 0 Å². The predicted octanol–water partition coefficient (Wildman–Crippen LogP) is 17.9. The van der Waals surface area contributed by atoms with Crippen LogP contribution in [0.25, 0.3) is 0 Å². The number of carbonyl (C=O) groups is 3. The molecular weight excluding hydrogens is 781 g/mol. The van der Waals surface area contributed by atoms with Crippen molar-refractivity contribution < 1.29 is 28.6 Å². The Morgan fingerprint density at radius 1 is 0.333 bits per heavy atom. The first kappa shape index (κ1) is 60.4. The van der Waals surface area contributed by atoms with Crippen LogP contribution in [0.5, 0.6) is 0 Å². The third kappa shape index (κ3) is 50.2. The van der Waals surface area contributed by atoms with Gasteiger partial charge in [0.25, 0.3) is 0 Å². The van der Waals surface area contributed by atoms with E-state index in [9.17, 15) is 14.4 Å². The van der Waals surface area contributed by atoms with Gasteiger partial charge in [-0.2, -0.15) is 0 Å². The maximum Gasteiger partial charge on any atom is 0.306 e. The van der Waals surface area contributed by atoms with Crippen LogP contribution in [0.2, 0.25) is 0 Å². The standard InChI is InChI=1S/C57H102O6/c1-4-7-10-13-16-19-22-24-26-27-28-29-31-32-35-38-41-44-47-50-56(59)62-53-54(52-61-55(58)49-46-43-40-37-34-21-18-15-12-9-6-3)63-57(60)51-48-45-42-39-36-33-30-25-23-20-17-14-11-8-5-2/h8,11,17,20,25,30,36,39,54H,4-7,9-10,12-16,18-19,21-24,26-29,31-35,37-38,40-53H2,1-3H3/b11-8-,20-17-,30-25-,39-36-. The highest BCUT2D eigenvalue weighted by atomic mass is 16.6. The van der Waals surface area contributed by atoms with Crippen LogP contribution in [0, 0.1) is 0 Å². The minimum Gasteiger partial charge on any atom is -0.462 e. The van der Waals surface area contributed by atoms with Gasteiger partial charge in [-0.3, -0.25) is 14.4 Å². The van der Waals surface area contributed by atoms with E-state index in [0.29, 0.717) is 19.3 Å². The van der Waals surface area contributed by atoms with E-state index < -0.39 is 6.10 Å². The average molecular weight is 883 g/mol. The number of allylic oxidation sites excluding steroid dienone is 8. The Labute approximate surface area is 390 Å². The van der Waals surface area contributed by atoms with Crippen molar-refractivity contribution in [2.75, 3.05) is 13.2 Å². The fraction of sp³-hybridized carbons (Fsp3) is 0.807. The van der Waals surface area contributed by atoms with Gasteiger partial charge in [0.2, 0.25) is 0 Å². The normalized spacial score (nSPS) is 12.4. The lowest BCUT2D eigenvalue weighted by molar-refractivity contribution is -0.167. The Bertz CT molecular complexity index is 1110. The first-order valence-electron chi connectivity index (χ1n) is 27.1. The van der Waals surface area contributed by atoms with Crippen LogP contribution in [0.3, 0.4) is 0 Å². The summed E-state index contributed by atoms with van der Waals surface area (Å²) in [5.41, 5.74) is 0. The first-order valence-corrected chi connectivity index (χ1v) is 27.1. The average Bonchev–Trinajstić information content (AvgIpc) is 3.28. The smallest absolute Gasteiger partial charge is 0.306 e. The lowest BCUT2D eigenvalue weighted by atomic mass is 10.0. The van der Waals surface area contributed by atoms with E-state index in [1.807, 2.05) is 0 Å². The van der Waals surface area contributed by atoms with Crippen LogP contribution in [-0.2, 0) is 28.6 Å². The third-order valence-corrected chi connectivity index (χ3v) is 11.8. The fourth-order valence-electron chi connectivity index (χ4n) is 7.79. The molecule has 0 heterocycles. The summed E-state index contributed by atoms with van der Waals surface area (Å²) in [7, 11) is 0. The topological polar surface area (TPSA) is 78.9 Å². The van der Waals surface area contributed by atoms with E-state index in [2.05, 4.69) is 69.4 Å². The second-order valence-corrected chi connectivity index (χ2v) is 18.1. The Morgan fingerprint density at radius 2 is 0.619 bits per heavy atom. The maximum absolute atomic E-state index is 12.8. The van der Waals surface area contributed by atoms with E-state index in [0.717, 1.165) is 77.0 Å². The molecule has 0 amide bonds. The van der Waals surface area contributed by atoms with Gasteiger partial charge in [0, 0.05) is 19.3 Å². The van der Waals surface area contributed by atoms with Crippen LogP contribution >= 0.6 is 0 Å². The van der Waals surface area contributed by atoms with Crippen molar-refractivity contribution in [3.05, 3.63) is 48.6 Å². The van der Waals surface area contributed by atoms with Crippen molar-refractivity contribution in [3.63, 3.8) is 0 Å². The minimum absolute atomic E-state index is 0.0859. The zero-order chi connectivity index (χ0) is 45.8. The Morgan fingerprint density at radius 3 is 0.968 bits per heavy atom. The van der Waals surface area contributed by atoms with E-state index in [1.165, 1.54) is 154 Å². The van der Waals surface area contributed by atoms with Gasteiger partial charge in [-0.1, -0.05) is 249 Å². The predicted molar refractivity (Wildman–Crippen MR) is 270 cm³/mol. The highest BCUT2D eigenvalue weighted by Gasteiger charge is 2.19. The summed E-state index contributed by atoms with van der Waals surface area (Å²) in [6.07, 6.45) is 62.5. The molecule has 6 heteroatoms. The molecule has 0 aliphatic carbocycles. The maximum atomic E-state index is 12.8. The van der Waals surface area contributed by atoms with Crippen molar-refractivity contribution >= 4 is 17.9 Å². The van der Waals surface area contributed by atoms with Crippen LogP contribution in [0.4, 0.5) is 0 Å². The SMILES string of the molecule is CC/C=C\C/C=C\C/C=C\C/C=C\CCCCC(=O)OC(COC(=O)CCCCCCCCCCCCC)COC(=O)CCCCCCCCCCCCCCCCCCCCC. The quantitative estimate of drug-likeness (QED) is 0.0262. The highest BCUT2D eigenvalue weighted by Crippen LogP contribution is 2.16. The van der Waals surface area contributed by atoms with Gasteiger partial charge in [0.05, 0.1) is 0 Å². The molecule has 366 valence electrons. The van der Waals surface area contributed by atoms with E-state index in [1.54, 1.807) is 0 Å². The van der Waals surface area contributed by atoms with E-state index in [-0.39, 0.29) is 37.5 Å². The van der Waals surface area contributed by atoms with E-state index in [4.69, 9.17) is 14.2 Å². The van der Waals surface area contributed by atoms with Crippen molar-refractivity contribution in [2.24, 2.45) is 0 Å². The van der Waals surface area contributed by atoms with Crippen molar-refractivity contribution in [1.29, 1.82) is 0 Å². The summed E-state index contributed by atoms with van der Waals surface area (Å²) in [4.78, 5) is 38.0. The van der Waals surface area contributed by atoms with Gasteiger partial charge in [-0.15, -0.1) is 0 Å². The van der Waals surface area contributed by atoms with Gasteiger partial charge < -0.3 is 14.2 Å². The Kier molecular flexibility index (Phi) is 49.8. The Hall–Kier alpha value is -2.63. The zero-order valence-corrected chi connectivity index (χ0v) is 41.8. The van der Waals surface area contributed by atoms with Crippen LogP contribution in [0.15, 0.2) is 48.6 Å². The molecule has 0 rings (SSSR count). The second-order valence-electron chi connectivity index (χ2n) is 18.1. The molecule has 0 aromatic rings. The second kappa shape index (κ2) is 52.0. The molecule has 0 spiro atoms. The lowest BCUT2D eigenvalue weighted by Gasteiger charge is -2.18. The summed E-state index contributed by atoms with van der Waals surface area (Å²) in [6.45, 7) is 6.51. The number of hydrogen-bond acceptors (Lipinski definition) is 6. The molecule has 1 unspecified atom stereocenters. The van der Waals surface area contributed by atoms with Gasteiger partial charge in [-0.05, 0) is 57.8 Å². The number of ether oxygens (including phenoxy) is 3. The molecule has 0 saturated carbocycles. The largest absolute Gasteiger partial charge is 0.462 e. The number of hydrogen-bond donors (Lipinski definition) is 0. The number of rotatable bonds is 49. The monoisotopic (exact) mass is 883 g/mol. The molecule has 0 N–H and O–H groups in total. The molecule has 0 radical (unpaired) electrons. The summed E-state index contributed by atoms with van der Waals surface area (Å²) in [5, 5.41) is 0. The van der Waals surface area contributed by atoms with Crippen LogP contribution in [-0.4, -0.2) is 37.2 Å². The molecule has 63 heavy (non-hydrogen) atoms. The molecule has 0 aliphatic heterocycles. The fourth-order valence-corrected chi connectivity index (χ4v) is 7.79. The molecule has 0 bridgehead atoms. The number of unbranched alkanes of at least 4 members (excludes halogenated alkanes) is 30. The third-order valence-electron chi connectivity index (χ3n) is 11.8. The molecule has 0 aromatic carbocycles. The number of esters is 3. The minimum atomic E-state index is -0.790. The molecule has 1 atom stereocenters. The Balaban J connectivity index is 4.35. The van der Waals surface area contributed by atoms with Gasteiger partial charge >= 0.3 is 17.9 Å². The molecule has 0 fully saturated rings. The lowest BCUT2D eigenvalue weighted by Crippen LogP contribution is -2.30. The van der Waals surface area contributed by atoms with Gasteiger partial charge in [-0.25, -0.2) is 0 Å². The summed E-state index contributed by atoms with van der Waals surface area (Å²) < 4.78 is 16.8. The van der Waals surface area contributed by atoms with E-state index >= 15 is 0 Å². The molecule has 6 nitrogen and oxygen atoms in total. The van der Waals surface area contributed by atoms with Crippen molar-refractivity contribution in [2.45, 2.75) is 284 Å². The van der Waals surface area contributed by atoms with Crippen molar-refractivity contribution in [3.8, 4) is 0 Å². The van der Waals surface area contributed by atoms with Crippen LogP contribution < -0.4 is 0 Å². The van der Waals surface area contributed by atoms with Gasteiger partial charge in [0.15, 0.2) is 6.10 Å². The molecule has 0 saturated heterocycles. The summed E-state index contributed by atoms with van der Waals surface area (Å²) in [6, 6.07) is 0. The summed E-state index contributed by atoms with van der Waals surface area (Å²) in [5.74, 6) is -0.917. The molecular formula is C57H102O6. The number of carbonyl (C=O) groups excluding carboxylic acids is 3. The first-order chi connectivity index (χ1) is 31.0. The van der Waals surface area contributed by atoms with Crippen LogP contribution in [0.1, 0.15) is 278 Å². The van der Waals surface area contributed by atoms with Gasteiger partial charge in [0.1, 0.15) is 13.2 Å². The summed E-state index contributed by atoms with van der Waals surface area (Å²) >= 11 is 0. The highest BCUT2D eigenvalue weighted by molar-refractivity contribution is 5.71. The molecule has 0 aliphatic rings.